The highest BCUT2D eigenvalue weighted by molar-refractivity contribution is 7.86. The Bertz CT molecular complexity index is 1610. The lowest BCUT2D eigenvalue weighted by molar-refractivity contribution is 0.0694. The minimum absolute atomic E-state index is 0.0787. The van der Waals surface area contributed by atoms with Gasteiger partial charge in [0.15, 0.2) is 0 Å². The number of carbonyl (C=O) groups is 1. The van der Waals surface area contributed by atoms with Gasteiger partial charge in [-0.25, -0.2) is 4.79 Å². The quantitative estimate of drug-likeness (QED) is 0.238. The zero-order valence-electron chi connectivity index (χ0n) is 22.1. The van der Waals surface area contributed by atoms with Crippen LogP contribution in [0.5, 0.6) is 23.0 Å². The van der Waals surface area contributed by atoms with Crippen molar-refractivity contribution in [2.45, 2.75) is 13.2 Å². The first-order chi connectivity index (χ1) is 19.1. The Labute approximate surface area is 232 Å². The minimum atomic E-state index is -3.71. The number of hydrogen-bond acceptors (Lipinski definition) is 8. The van der Waals surface area contributed by atoms with Gasteiger partial charge in [-0.05, 0) is 47.0 Å². The first-order valence-electron chi connectivity index (χ1n) is 12.1. The van der Waals surface area contributed by atoms with Crippen molar-refractivity contribution in [2.24, 2.45) is 0 Å². The van der Waals surface area contributed by atoms with Gasteiger partial charge in [-0.15, -0.1) is 0 Å². The molecule has 0 bridgehead atoms. The van der Waals surface area contributed by atoms with Gasteiger partial charge in [0.2, 0.25) is 0 Å². The van der Waals surface area contributed by atoms with Crippen molar-refractivity contribution < 1.29 is 41.8 Å². The summed E-state index contributed by atoms with van der Waals surface area (Å²) in [6.07, 6.45) is 0.941. The average Bonchev–Trinajstić information content (AvgIpc) is 2.94. The smallest absolute Gasteiger partial charge is 0.340 e. The Hall–Kier alpha value is -4.54. The lowest BCUT2D eigenvalue weighted by Crippen LogP contribution is -2.07. The molecular weight excluding hydrogens is 536 g/mol. The molecule has 0 unspecified atom stereocenters. The Morgan fingerprint density at radius 1 is 0.850 bits per heavy atom. The Morgan fingerprint density at radius 2 is 1.52 bits per heavy atom. The van der Waals surface area contributed by atoms with Crippen molar-refractivity contribution in [3.8, 4) is 45.3 Å². The molecule has 9 nitrogen and oxygen atoms in total. The second-order valence-corrected chi connectivity index (χ2v) is 10.4. The molecule has 0 aliphatic heterocycles. The van der Waals surface area contributed by atoms with Crippen LogP contribution in [0.2, 0.25) is 0 Å². The highest BCUT2D eigenvalue weighted by atomic mass is 32.2. The molecule has 2 N–H and O–H groups in total. The predicted molar refractivity (Wildman–Crippen MR) is 150 cm³/mol. The second-order valence-electron chi connectivity index (χ2n) is 8.78. The largest absolute Gasteiger partial charge is 0.496 e. The zero-order valence-corrected chi connectivity index (χ0v) is 22.9. The van der Waals surface area contributed by atoms with E-state index in [1.54, 1.807) is 36.4 Å². The number of aliphatic hydroxyl groups is 1. The van der Waals surface area contributed by atoms with Gasteiger partial charge in [-0.3, -0.25) is 0 Å². The maximum absolute atomic E-state index is 12.6. The van der Waals surface area contributed by atoms with E-state index in [-0.39, 0.29) is 35.0 Å². The number of carboxylic acids is 1. The van der Waals surface area contributed by atoms with Crippen LogP contribution in [0.1, 0.15) is 21.5 Å². The van der Waals surface area contributed by atoms with E-state index < -0.39 is 16.1 Å². The Kier molecular flexibility index (Phi) is 8.61. The fourth-order valence-corrected chi connectivity index (χ4v) is 4.78. The van der Waals surface area contributed by atoms with Gasteiger partial charge in [0.05, 0.1) is 27.1 Å². The van der Waals surface area contributed by atoms with Crippen molar-refractivity contribution in [2.75, 3.05) is 20.5 Å². The SMILES string of the molecule is COc1cc(-c2ccc(OS(C)(=O)=O)cc2)c(OC)c(C(=O)O)c1-c1ccc(OCc2ccccc2)c(CO)c1. The molecule has 0 saturated heterocycles. The van der Waals surface area contributed by atoms with Crippen molar-refractivity contribution in [3.63, 3.8) is 0 Å². The van der Waals surface area contributed by atoms with Gasteiger partial charge in [0, 0.05) is 16.7 Å². The van der Waals surface area contributed by atoms with Crippen LogP contribution in [-0.2, 0) is 23.3 Å². The molecule has 0 spiro atoms. The number of ether oxygens (including phenoxy) is 3. The first kappa shape index (κ1) is 28.5. The summed E-state index contributed by atoms with van der Waals surface area (Å²) in [4.78, 5) is 12.6. The van der Waals surface area contributed by atoms with E-state index in [0.717, 1.165) is 11.8 Å². The summed E-state index contributed by atoms with van der Waals surface area (Å²) in [5, 5.41) is 20.4. The molecular formula is C30H28O9S. The average molecular weight is 565 g/mol. The number of carboxylic acid groups (broad SMARTS) is 1. The summed E-state index contributed by atoms with van der Waals surface area (Å²) in [5.41, 5.74) is 2.99. The number of aromatic carboxylic acids is 1. The Morgan fingerprint density at radius 3 is 2.10 bits per heavy atom. The number of benzene rings is 4. The third kappa shape index (κ3) is 6.36. The molecule has 0 amide bonds. The molecule has 0 radical (unpaired) electrons. The topological polar surface area (TPSA) is 129 Å². The summed E-state index contributed by atoms with van der Waals surface area (Å²) in [6.45, 7) is -0.0345. The Balaban J connectivity index is 1.80. The van der Waals surface area contributed by atoms with Crippen LogP contribution < -0.4 is 18.4 Å². The van der Waals surface area contributed by atoms with E-state index in [4.69, 9.17) is 18.4 Å². The number of hydrogen-bond donors (Lipinski definition) is 2. The summed E-state index contributed by atoms with van der Waals surface area (Å²) in [7, 11) is -0.920. The van der Waals surface area contributed by atoms with Crippen LogP contribution in [-0.4, -0.2) is 45.1 Å². The number of methoxy groups -OCH3 is 2. The molecule has 0 aliphatic rings. The molecule has 40 heavy (non-hydrogen) atoms. The van der Waals surface area contributed by atoms with E-state index in [2.05, 4.69) is 0 Å². The summed E-state index contributed by atoms with van der Waals surface area (Å²) < 4.78 is 45.0. The maximum Gasteiger partial charge on any atom is 0.340 e. The summed E-state index contributed by atoms with van der Waals surface area (Å²) in [6, 6.07) is 22.3. The molecule has 0 atom stereocenters. The van der Waals surface area contributed by atoms with E-state index in [0.29, 0.717) is 34.6 Å². The van der Waals surface area contributed by atoms with Crippen LogP contribution in [0.15, 0.2) is 78.9 Å². The highest BCUT2D eigenvalue weighted by Crippen LogP contribution is 2.46. The summed E-state index contributed by atoms with van der Waals surface area (Å²) >= 11 is 0. The zero-order chi connectivity index (χ0) is 28.9. The molecule has 4 aromatic carbocycles. The highest BCUT2D eigenvalue weighted by Gasteiger charge is 2.27. The second kappa shape index (κ2) is 12.1. The monoisotopic (exact) mass is 564 g/mol. The molecule has 208 valence electrons. The van der Waals surface area contributed by atoms with Crippen LogP contribution in [0.3, 0.4) is 0 Å². The molecule has 0 aliphatic carbocycles. The molecule has 0 aromatic heterocycles. The van der Waals surface area contributed by atoms with Crippen molar-refractivity contribution in [1.82, 2.24) is 0 Å². The van der Waals surface area contributed by atoms with Crippen molar-refractivity contribution in [1.29, 1.82) is 0 Å². The van der Waals surface area contributed by atoms with E-state index in [1.165, 1.54) is 26.4 Å². The van der Waals surface area contributed by atoms with Crippen LogP contribution >= 0.6 is 0 Å². The fraction of sp³-hybridized carbons (Fsp3) is 0.167. The predicted octanol–water partition coefficient (Wildman–Crippen LogP) is 5.15. The van der Waals surface area contributed by atoms with E-state index >= 15 is 0 Å². The van der Waals surface area contributed by atoms with Gasteiger partial charge >= 0.3 is 16.1 Å². The summed E-state index contributed by atoms with van der Waals surface area (Å²) in [5.74, 6) is -0.343. The number of rotatable bonds is 11. The van der Waals surface area contributed by atoms with Gasteiger partial charge in [0.1, 0.15) is 35.2 Å². The first-order valence-corrected chi connectivity index (χ1v) is 13.9. The van der Waals surface area contributed by atoms with Gasteiger partial charge in [-0.1, -0.05) is 48.5 Å². The molecule has 0 saturated carbocycles. The van der Waals surface area contributed by atoms with Crippen molar-refractivity contribution >= 4 is 16.1 Å². The van der Waals surface area contributed by atoms with Gasteiger partial charge in [-0.2, -0.15) is 8.42 Å². The fourth-order valence-electron chi connectivity index (χ4n) is 4.32. The van der Waals surface area contributed by atoms with Gasteiger partial charge in [0.25, 0.3) is 0 Å². The minimum Gasteiger partial charge on any atom is -0.496 e. The lowest BCUT2D eigenvalue weighted by Gasteiger charge is -2.20. The standard InChI is InChI=1S/C30H28O9S/c1-36-26-16-24(20-9-12-23(13-10-20)39-40(3,34)35)29(37-2)28(30(32)33)27(26)21-11-14-25(22(15-21)17-31)38-18-19-7-5-4-6-8-19/h4-16,31H,17-18H2,1-3H3,(H,32,33). The van der Waals surface area contributed by atoms with Crippen LogP contribution in [0.25, 0.3) is 22.3 Å². The molecule has 10 heteroatoms. The van der Waals surface area contributed by atoms with E-state index in [1.807, 2.05) is 30.3 Å². The van der Waals surface area contributed by atoms with Gasteiger partial charge < -0.3 is 28.6 Å². The molecule has 4 aromatic rings. The number of aliphatic hydroxyl groups excluding tert-OH is 1. The van der Waals surface area contributed by atoms with E-state index in [9.17, 15) is 23.4 Å². The van der Waals surface area contributed by atoms with Crippen LogP contribution in [0, 0.1) is 0 Å². The lowest BCUT2D eigenvalue weighted by atomic mass is 9.91. The molecule has 4 rings (SSSR count). The normalized spacial score (nSPS) is 11.1. The molecule has 0 heterocycles. The third-order valence-corrected chi connectivity index (χ3v) is 6.55. The van der Waals surface area contributed by atoms with Crippen LogP contribution in [0.4, 0.5) is 0 Å². The molecule has 0 fully saturated rings. The third-order valence-electron chi connectivity index (χ3n) is 6.05. The van der Waals surface area contributed by atoms with Crippen molar-refractivity contribution in [3.05, 3.63) is 95.6 Å². The maximum atomic E-state index is 12.6.